The summed E-state index contributed by atoms with van der Waals surface area (Å²) in [7, 11) is 1.85. The van der Waals surface area contributed by atoms with E-state index in [2.05, 4.69) is 5.32 Å². The van der Waals surface area contributed by atoms with Crippen LogP contribution in [0.2, 0.25) is 0 Å². The van der Waals surface area contributed by atoms with Crippen LogP contribution in [0.25, 0.3) is 0 Å². The number of nitrogens with one attached hydrogen (secondary N) is 1. The van der Waals surface area contributed by atoms with E-state index in [0.29, 0.717) is 12.2 Å². The third-order valence-electron chi connectivity index (χ3n) is 2.10. The van der Waals surface area contributed by atoms with Crippen LogP contribution in [0.1, 0.15) is 15.9 Å². The summed E-state index contributed by atoms with van der Waals surface area (Å²) in [6.45, 7) is 3.48. The van der Waals surface area contributed by atoms with Gasteiger partial charge in [0.1, 0.15) is 6.61 Å². The Morgan fingerprint density at radius 2 is 2.00 bits per heavy atom. The Kier molecular flexibility index (Phi) is 5.01. The first kappa shape index (κ1) is 11.9. The summed E-state index contributed by atoms with van der Waals surface area (Å²) in [6.07, 6.45) is 0. The smallest absolute Gasteiger partial charge is 0.188 e. The molecule has 0 aliphatic carbocycles. The molecule has 1 N–H and O–H groups in total. The Labute approximate surface area is 90.4 Å². The first-order valence-electron chi connectivity index (χ1n) is 5.06. The highest BCUT2D eigenvalue weighted by atomic mass is 16.5. The van der Waals surface area contributed by atoms with Gasteiger partial charge in [-0.15, -0.1) is 0 Å². The zero-order chi connectivity index (χ0) is 11.1. The molecule has 0 saturated carbocycles. The maximum atomic E-state index is 11.6. The molecule has 0 radical (unpaired) electrons. The number of rotatable bonds is 6. The van der Waals surface area contributed by atoms with Crippen LogP contribution >= 0.6 is 0 Å². The SMILES string of the molecule is CNCCOCC(=O)c1ccc(C)cc1. The Bertz CT molecular complexity index is 306. The van der Waals surface area contributed by atoms with Gasteiger partial charge in [-0.25, -0.2) is 0 Å². The Morgan fingerprint density at radius 3 is 2.60 bits per heavy atom. The van der Waals surface area contributed by atoms with Gasteiger partial charge in [-0.3, -0.25) is 4.79 Å². The van der Waals surface area contributed by atoms with E-state index in [1.54, 1.807) is 0 Å². The van der Waals surface area contributed by atoms with Gasteiger partial charge in [-0.2, -0.15) is 0 Å². The van der Waals surface area contributed by atoms with Crippen molar-refractivity contribution in [3.05, 3.63) is 35.4 Å². The van der Waals surface area contributed by atoms with E-state index in [4.69, 9.17) is 4.74 Å². The van der Waals surface area contributed by atoms with Gasteiger partial charge in [0.25, 0.3) is 0 Å². The van der Waals surface area contributed by atoms with Gasteiger partial charge < -0.3 is 10.1 Å². The van der Waals surface area contributed by atoms with Gasteiger partial charge in [-0.1, -0.05) is 29.8 Å². The molecule has 82 valence electrons. The van der Waals surface area contributed by atoms with E-state index >= 15 is 0 Å². The van der Waals surface area contributed by atoms with Gasteiger partial charge in [0.15, 0.2) is 5.78 Å². The minimum Gasteiger partial charge on any atom is -0.372 e. The predicted octanol–water partition coefficient (Wildman–Crippen LogP) is 1.41. The molecule has 0 heterocycles. The highest BCUT2D eigenvalue weighted by Crippen LogP contribution is 2.04. The molecule has 1 rings (SSSR count). The van der Waals surface area contributed by atoms with E-state index in [1.807, 2.05) is 38.2 Å². The average molecular weight is 207 g/mol. The molecular weight excluding hydrogens is 190 g/mol. The number of likely N-dealkylation sites (N-methyl/N-ethyl adjacent to an activating group) is 1. The summed E-state index contributed by atoms with van der Waals surface area (Å²) in [5.74, 6) is 0.0334. The normalized spacial score (nSPS) is 10.3. The molecule has 0 unspecified atom stereocenters. The second-order valence-corrected chi connectivity index (χ2v) is 3.45. The first-order valence-corrected chi connectivity index (χ1v) is 5.06. The van der Waals surface area contributed by atoms with Crippen molar-refractivity contribution >= 4 is 5.78 Å². The molecule has 0 aliphatic rings. The van der Waals surface area contributed by atoms with Crippen molar-refractivity contribution in [1.82, 2.24) is 5.32 Å². The zero-order valence-corrected chi connectivity index (χ0v) is 9.25. The predicted molar refractivity (Wildman–Crippen MR) is 60.3 cm³/mol. The standard InChI is InChI=1S/C12H17NO2/c1-10-3-5-11(6-4-10)12(14)9-15-8-7-13-2/h3-6,13H,7-9H2,1-2H3. The maximum Gasteiger partial charge on any atom is 0.188 e. The Balaban J connectivity index is 2.37. The van der Waals surface area contributed by atoms with Gasteiger partial charge in [0.05, 0.1) is 6.61 Å². The fourth-order valence-corrected chi connectivity index (χ4v) is 1.16. The number of ketones is 1. The summed E-state index contributed by atoms with van der Waals surface area (Å²) >= 11 is 0. The van der Waals surface area contributed by atoms with Gasteiger partial charge in [0, 0.05) is 12.1 Å². The molecule has 15 heavy (non-hydrogen) atoms. The van der Waals surface area contributed by atoms with Crippen LogP contribution in [0.15, 0.2) is 24.3 Å². The first-order chi connectivity index (χ1) is 7.24. The summed E-state index contributed by atoms with van der Waals surface area (Å²) in [5, 5.41) is 2.95. The lowest BCUT2D eigenvalue weighted by Crippen LogP contribution is -2.17. The zero-order valence-electron chi connectivity index (χ0n) is 9.25. The number of benzene rings is 1. The Morgan fingerprint density at radius 1 is 1.33 bits per heavy atom. The van der Waals surface area contributed by atoms with Crippen LogP contribution in [-0.4, -0.2) is 32.6 Å². The minimum absolute atomic E-state index is 0.0334. The van der Waals surface area contributed by atoms with Crippen molar-refractivity contribution in [3.8, 4) is 0 Å². The molecule has 3 nitrogen and oxygen atoms in total. The molecule has 0 fully saturated rings. The van der Waals surface area contributed by atoms with Crippen LogP contribution in [0.3, 0.4) is 0 Å². The second kappa shape index (κ2) is 6.32. The average Bonchev–Trinajstić information content (AvgIpc) is 2.25. The lowest BCUT2D eigenvalue weighted by Gasteiger charge is -2.03. The van der Waals surface area contributed by atoms with Crippen molar-refractivity contribution in [2.75, 3.05) is 26.8 Å². The molecule has 0 aliphatic heterocycles. The van der Waals surface area contributed by atoms with E-state index in [9.17, 15) is 4.79 Å². The minimum atomic E-state index is 0.0334. The topological polar surface area (TPSA) is 38.3 Å². The van der Waals surface area contributed by atoms with Crippen LogP contribution in [0, 0.1) is 6.92 Å². The number of carbonyl (C=O) groups excluding carboxylic acids is 1. The van der Waals surface area contributed by atoms with Crippen LogP contribution in [0.5, 0.6) is 0 Å². The fraction of sp³-hybridized carbons (Fsp3) is 0.417. The van der Waals surface area contributed by atoms with Crippen molar-refractivity contribution in [3.63, 3.8) is 0 Å². The number of hydrogen-bond acceptors (Lipinski definition) is 3. The molecule has 0 bridgehead atoms. The van der Waals surface area contributed by atoms with Crippen LogP contribution in [-0.2, 0) is 4.74 Å². The van der Waals surface area contributed by atoms with E-state index in [1.165, 1.54) is 0 Å². The molecule has 0 saturated heterocycles. The third-order valence-corrected chi connectivity index (χ3v) is 2.10. The molecule has 0 aromatic heterocycles. The summed E-state index contributed by atoms with van der Waals surface area (Å²) in [6, 6.07) is 7.53. The van der Waals surface area contributed by atoms with Crippen molar-refractivity contribution in [2.24, 2.45) is 0 Å². The quantitative estimate of drug-likeness (QED) is 0.566. The van der Waals surface area contributed by atoms with Gasteiger partial charge in [-0.05, 0) is 14.0 Å². The molecule has 0 spiro atoms. The van der Waals surface area contributed by atoms with Crippen LogP contribution in [0.4, 0.5) is 0 Å². The van der Waals surface area contributed by atoms with E-state index < -0.39 is 0 Å². The molecular formula is C12H17NO2. The lowest BCUT2D eigenvalue weighted by atomic mass is 10.1. The van der Waals surface area contributed by atoms with Crippen molar-refractivity contribution in [2.45, 2.75) is 6.92 Å². The highest BCUT2D eigenvalue weighted by molar-refractivity contribution is 5.97. The van der Waals surface area contributed by atoms with Gasteiger partial charge in [0.2, 0.25) is 0 Å². The van der Waals surface area contributed by atoms with Crippen molar-refractivity contribution in [1.29, 1.82) is 0 Å². The largest absolute Gasteiger partial charge is 0.372 e. The van der Waals surface area contributed by atoms with E-state index in [-0.39, 0.29) is 12.4 Å². The van der Waals surface area contributed by atoms with E-state index in [0.717, 1.165) is 12.1 Å². The van der Waals surface area contributed by atoms with Crippen LogP contribution < -0.4 is 5.32 Å². The molecule has 0 amide bonds. The number of carbonyl (C=O) groups is 1. The number of ether oxygens (including phenoxy) is 1. The van der Waals surface area contributed by atoms with Gasteiger partial charge >= 0.3 is 0 Å². The molecule has 3 heteroatoms. The monoisotopic (exact) mass is 207 g/mol. The van der Waals surface area contributed by atoms with Crippen molar-refractivity contribution < 1.29 is 9.53 Å². The Hall–Kier alpha value is -1.19. The number of aryl methyl sites for hydroxylation is 1. The highest BCUT2D eigenvalue weighted by Gasteiger charge is 2.04. The lowest BCUT2D eigenvalue weighted by molar-refractivity contribution is 0.0767. The number of Topliss-reactive ketones (excluding diaryl/α,β-unsaturated/α-hetero) is 1. The molecule has 1 aromatic rings. The summed E-state index contributed by atoms with van der Waals surface area (Å²) < 4.78 is 5.21. The summed E-state index contributed by atoms with van der Waals surface area (Å²) in [5.41, 5.74) is 1.87. The molecule has 0 atom stereocenters. The maximum absolute atomic E-state index is 11.6. The third kappa shape index (κ3) is 4.23. The number of hydrogen-bond donors (Lipinski definition) is 1. The fourth-order valence-electron chi connectivity index (χ4n) is 1.16. The molecule has 1 aromatic carbocycles. The summed E-state index contributed by atoms with van der Waals surface area (Å²) in [4.78, 5) is 11.6. The second-order valence-electron chi connectivity index (χ2n) is 3.45.